The van der Waals surface area contributed by atoms with Crippen molar-refractivity contribution in [2.75, 3.05) is 38.2 Å². The van der Waals surface area contributed by atoms with Gasteiger partial charge in [0.2, 0.25) is 0 Å². The first-order valence-corrected chi connectivity index (χ1v) is 6.83. The van der Waals surface area contributed by atoms with Crippen molar-refractivity contribution < 1.29 is 13.7 Å². The van der Waals surface area contributed by atoms with E-state index in [1.807, 2.05) is 0 Å². The maximum Gasteiger partial charge on any atom is 0.320 e. The zero-order chi connectivity index (χ0) is 10.6. The van der Waals surface area contributed by atoms with Crippen LogP contribution in [0.25, 0.3) is 0 Å². The molecule has 14 heavy (non-hydrogen) atoms. The standard InChI is InChI=1S/C8H14BrNO3S/c1-13-8(11)7(9)6-10-2-4-14(12)5-3-10/h7H,2-6H2,1H3. The molecule has 0 N–H and O–H groups in total. The minimum absolute atomic E-state index is 0.253. The van der Waals surface area contributed by atoms with E-state index in [0.717, 1.165) is 13.1 Å². The van der Waals surface area contributed by atoms with Gasteiger partial charge in [-0.1, -0.05) is 15.9 Å². The van der Waals surface area contributed by atoms with E-state index in [0.29, 0.717) is 18.1 Å². The van der Waals surface area contributed by atoms with E-state index in [1.165, 1.54) is 7.11 Å². The summed E-state index contributed by atoms with van der Waals surface area (Å²) in [6, 6.07) is 0. The lowest BCUT2D eigenvalue weighted by molar-refractivity contribution is -0.140. The van der Waals surface area contributed by atoms with Crippen LogP contribution in [0.1, 0.15) is 0 Å². The lowest BCUT2D eigenvalue weighted by Gasteiger charge is -2.27. The molecular weight excluding hydrogens is 270 g/mol. The maximum absolute atomic E-state index is 11.1. The van der Waals surface area contributed by atoms with Crippen molar-refractivity contribution in [2.45, 2.75) is 4.83 Å². The number of esters is 1. The van der Waals surface area contributed by atoms with E-state index >= 15 is 0 Å². The van der Waals surface area contributed by atoms with Crippen molar-refractivity contribution in [3.8, 4) is 0 Å². The third-order valence-corrected chi connectivity index (χ3v) is 4.09. The number of hydrogen-bond donors (Lipinski definition) is 0. The topological polar surface area (TPSA) is 46.6 Å². The van der Waals surface area contributed by atoms with Gasteiger partial charge in [-0.25, -0.2) is 0 Å². The van der Waals surface area contributed by atoms with Crippen molar-refractivity contribution in [1.29, 1.82) is 0 Å². The third-order valence-electron chi connectivity index (χ3n) is 2.15. The number of carbonyl (C=O) groups excluding carboxylic acids is 1. The molecule has 0 saturated carbocycles. The van der Waals surface area contributed by atoms with Gasteiger partial charge >= 0.3 is 5.97 Å². The summed E-state index contributed by atoms with van der Waals surface area (Å²) >= 11 is 3.26. The van der Waals surface area contributed by atoms with Gasteiger partial charge in [-0.2, -0.15) is 0 Å². The van der Waals surface area contributed by atoms with Crippen LogP contribution in [0.4, 0.5) is 0 Å². The molecule has 1 atom stereocenters. The number of alkyl halides is 1. The zero-order valence-corrected chi connectivity index (χ0v) is 10.5. The molecule has 1 aliphatic rings. The molecule has 0 aromatic carbocycles. The number of nitrogens with zero attached hydrogens (tertiary/aromatic N) is 1. The van der Waals surface area contributed by atoms with Gasteiger partial charge in [0.1, 0.15) is 4.83 Å². The van der Waals surface area contributed by atoms with Gasteiger partial charge in [0.25, 0.3) is 0 Å². The molecule has 0 radical (unpaired) electrons. The zero-order valence-electron chi connectivity index (χ0n) is 8.07. The van der Waals surface area contributed by atoms with Crippen LogP contribution in [0.3, 0.4) is 0 Å². The molecule has 0 bridgehead atoms. The summed E-state index contributed by atoms with van der Waals surface area (Å²) in [5, 5.41) is 0. The molecule has 4 nitrogen and oxygen atoms in total. The molecule has 1 heterocycles. The predicted molar refractivity (Wildman–Crippen MR) is 59.0 cm³/mol. The lowest BCUT2D eigenvalue weighted by Crippen LogP contribution is -2.42. The molecule has 1 aliphatic heterocycles. The first-order valence-electron chi connectivity index (χ1n) is 4.42. The summed E-state index contributed by atoms with van der Waals surface area (Å²) in [5.41, 5.74) is 0. The molecule has 1 saturated heterocycles. The molecule has 0 aliphatic carbocycles. The normalized spacial score (nSPS) is 21.9. The number of carbonyl (C=O) groups is 1. The average Bonchev–Trinajstić information content (AvgIpc) is 2.20. The predicted octanol–water partition coefficient (Wildman–Crippen LogP) is -0.0128. The van der Waals surface area contributed by atoms with Gasteiger partial charge in [-0.05, 0) is 0 Å². The summed E-state index contributed by atoms with van der Waals surface area (Å²) in [6.45, 7) is 2.22. The Bertz CT molecular complexity index is 227. The Labute approximate surface area is 94.6 Å². The SMILES string of the molecule is COC(=O)C(Br)CN1CCS(=O)CC1. The Morgan fingerprint density at radius 2 is 2.14 bits per heavy atom. The highest BCUT2D eigenvalue weighted by Gasteiger charge is 2.22. The fourth-order valence-electron chi connectivity index (χ4n) is 1.29. The first kappa shape index (κ1) is 12.1. The first-order chi connectivity index (χ1) is 6.63. The Morgan fingerprint density at radius 1 is 1.57 bits per heavy atom. The number of methoxy groups -OCH3 is 1. The van der Waals surface area contributed by atoms with Crippen molar-refractivity contribution in [3.05, 3.63) is 0 Å². The Hall–Kier alpha value is 0.0600. The van der Waals surface area contributed by atoms with Gasteiger partial charge in [0, 0.05) is 41.9 Å². The molecule has 1 rings (SSSR count). The summed E-state index contributed by atoms with van der Waals surface area (Å²) in [4.78, 5) is 12.9. The molecular formula is C8H14BrNO3S. The van der Waals surface area contributed by atoms with Gasteiger partial charge in [-0.3, -0.25) is 13.9 Å². The molecule has 0 aromatic heterocycles. The lowest BCUT2D eigenvalue weighted by atomic mass is 10.3. The number of ether oxygens (including phenoxy) is 1. The van der Waals surface area contributed by atoms with E-state index in [-0.39, 0.29) is 10.8 Å². The van der Waals surface area contributed by atoms with E-state index in [9.17, 15) is 9.00 Å². The monoisotopic (exact) mass is 283 g/mol. The molecule has 82 valence electrons. The van der Waals surface area contributed by atoms with Crippen LogP contribution in [-0.2, 0) is 20.3 Å². The van der Waals surface area contributed by atoms with Crippen LogP contribution < -0.4 is 0 Å². The quantitative estimate of drug-likeness (QED) is 0.540. The van der Waals surface area contributed by atoms with Gasteiger partial charge in [0.05, 0.1) is 7.11 Å². The van der Waals surface area contributed by atoms with Crippen LogP contribution >= 0.6 is 15.9 Å². The maximum atomic E-state index is 11.1. The molecule has 1 fully saturated rings. The largest absolute Gasteiger partial charge is 0.468 e. The van der Waals surface area contributed by atoms with Crippen LogP contribution in [-0.4, -0.2) is 58.2 Å². The average molecular weight is 284 g/mol. The fraction of sp³-hybridized carbons (Fsp3) is 0.875. The number of rotatable bonds is 3. The van der Waals surface area contributed by atoms with Crippen LogP contribution in [0.15, 0.2) is 0 Å². The smallest absolute Gasteiger partial charge is 0.320 e. The Balaban J connectivity index is 2.30. The van der Waals surface area contributed by atoms with Crippen molar-refractivity contribution in [1.82, 2.24) is 4.90 Å². The molecule has 6 heteroatoms. The third kappa shape index (κ3) is 3.67. The minimum atomic E-state index is -0.661. The van der Waals surface area contributed by atoms with Gasteiger partial charge < -0.3 is 4.74 Å². The second kappa shape index (κ2) is 5.82. The molecule has 0 aromatic rings. The summed E-state index contributed by atoms with van der Waals surface area (Å²) < 4.78 is 15.7. The second-order valence-electron chi connectivity index (χ2n) is 3.14. The highest BCUT2D eigenvalue weighted by molar-refractivity contribution is 9.10. The number of hydrogen-bond acceptors (Lipinski definition) is 4. The van der Waals surface area contributed by atoms with Gasteiger partial charge in [0.15, 0.2) is 0 Å². The molecule has 0 amide bonds. The molecule has 1 unspecified atom stereocenters. The summed E-state index contributed by atoms with van der Waals surface area (Å²) in [6.07, 6.45) is 0. The van der Waals surface area contributed by atoms with E-state index in [1.54, 1.807) is 0 Å². The van der Waals surface area contributed by atoms with E-state index in [4.69, 9.17) is 0 Å². The van der Waals surface area contributed by atoms with Crippen molar-refractivity contribution >= 4 is 32.7 Å². The van der Waals surface area contributed by atoms with Crippen molar-refractivity contribution in [2.24, 2.45) is 0 Å². The second-order valence-corrected chi connectivity index (χ2v) is 5.94. The van der Waals surface area contributed by atoms with Crippen molar-refractivity contribution in [3.63, 3.8) is 0 Å². The number of halogens is 1. The summed E-state index contributed by atoms with van der Waals surface area (Å²) in [7, 11) is 0.715. The van der Waals surface area contributed by atoms with Crippen LogP contribution in [0, 0.1) is 0 Å². The Morgan fingerprint density at radius 3 is 2.64 bits per heavy atom. The fourth-order valence-corrected chi connectivity index (χ4v) is 3.01. The highest BCUT2D eigenvalue weighted by Crippen LogP contribution is 2.07. The van der Waals surface area contributed by atoms with E-state index < -0.39 is 10.8 Å². The van der Waals surface area contributed by atoms with Crippen LogP contribution in [0.5, 0.6) is 0 Å². The molecule has 0 spiro atoms. The highest BCUT2D eigenvalue weighted by atomic mass is 79.9. The Kier molecular flexibility index (Phi) is 5.05. The van der Waals surface area contributed by atoms with E-state index in [2.05, 4.69) is 25.6 Å². The van der Waals surface area contributed by atoms with Crippen LogP contribution in [0.2, 0.25) is 0 Å². The van der Waals surface area contributed by atoms with Gasteiger partial charge in [-0.15, -0.1) is 0 Å². The minimum Gasteiger partial charge on any atom is -0.468 e. The summed E-state index contributed by atoms with van der Waals surface area (Å²) in [5.74, 6) is 1.17.